The van der Waals surface area contributed by atoms with Crippen LogP contribution < -0.4 is 5.73 Å². The van der Waals surface area contributed by atoms with Crippen LogP contribution in [-0.4, -0.2) is 16.6 Å². The van der Waals surface area contributed by atoms with Gasteiger partial charge in [0.2, 0.25) is 6.41 Å². The summed E-state index contributed by atoms with van der Waals surface area (Å²) in [7, 11) is 0. The lowest BCUT2D eigenvalue weighted by Crippen LogP contribution is -1.82. The Balaban J connectivity index is 0.000000187. The molecule has 4 heteroatoms. The molecule has 0 aromatic carbocycles. The highest BCUT2D eigenvalue weighted by Gasteiger charge is 1.59. The molecule has 0 unspecified atom stereocenters. The number of hydrogen-bond acceptors (Lipinski definition) is 3. The molecule has 0 aliphatic heterocycles. The highest BCUT2D eigenvalue weighted by atomic mass is 16.1. The van der Waals surface area contributed by atoms with E-state index in [4.69, 9.17) is 4.79 Å². The van der Waals surface area contributed by atoms with Crippen molar-refractivity contribution >= 4 is 6.41 Å². The smallest absolute Gasteiger partial charge is 0.204 e. The van der Waals surface area contributed by atoms with E-state index in [1.54, 1.807) is 12.4 Å². The van der Waals surface area contributed by atoms with Crippen LogP contribution in [0.3, 0.4) is 0 Å². The van der Waals surface area contributed by atoms with Crippen LogP contribution in [0.4, 0.5) is 0 Å². The van der Waals surface area contributed by atoms with Crippen molar-refractivity contribution in [1.82, 2.24) is 10.2 Å². The highest BCUT2D eigenvalue weighted by molar-refractivity contribution is 5.42. The quantitative estimate of drug-likeness (QED) is 0.479. The van der Waals surface area contributed by atoms with E-state index in [1.165, 1.54) is 0 Å². The first-order chi connectivity index (χ1) is 4.41. The second-order valence-electron chi connectivity index (χ2n) is 1.05. The first-order valence-electron chi connectivity index (χ1n) is 2.29. The van der Waals surface area contributed by atoms with Crippen molar-refractivity contribution in [2.75, 3.05) is 0 Å². The van der Waals surface area contributed by atoms with Crippen molar-refractivity contribution < 1.29 is 4.79 Å². The Hall–Kier alpha value is -1.45. The van der Waals surface area contributed by atoms with Crippen LogP contribution in [-0.2, 0) is 4.79 Å². The van der Waals surface area contributed by atoms with Crippen LogP contribution in [0.15, 0.2) is 24.5 Å². The molecule has 0 fully saturated rings. The number of nitrogens with two attached hydrogens (primary N) is 1. The van der Waals surface area contributed by atoms with Crippen LogP contribution >= 0.6 is 0 Å². The van der Waals surface area contributed by atoms with E-state index < -0.39 is 0 Å². The molecule has 1 aromatic heterocycles. The predicted octanol–water partition coefficient (Wildman–Crippen LogP) is -0.422. The van der Waals surface area contributed by atoms with E-state index in [2.05, 4.69) is 15.9 Å². The molecule has 0 bridgehead atoms. The molecule has 0 saturated heterocycles. The second kappa shape index (κ2) is 6.55. The fourth-order valence-corrected chi connectivity index (χ4v) is 0.253. The fraction of sp³-hybridized carbons (Fsp3) is 0. The SMILES string of the molecule is NC=O.c1ccnnc1. The predicted molar refractivity (Wildman–Crippen MR) is 32.3 cm³/mol. The van der Waals surface area contributed by atoms with Crippen LogP contribution in [0.5, 0.6) is 0 Å². The summed E-state index contributed by atoms with van der Waals surface area (Å²) in [6.45, 7) is 0. The molecule has 1 aromatic rings. The molecule has 0 spiro atoms. The normalized spacial score (nSPS) is 6.67. The van der Waals surface area contributed by atoms with Gasteiger partial charge in [0.05, 0.1) is 0 Å². The van der Waals surface area contributed by atoms with E-state index in [-0.39, 0.29) is 6.41 Å². The van der Waals surface area contributed by atoms with Gasteiger partial charge in [-0.1, -0.05) is 0 Å². The van der Waals surface area contributed by atoms with Crippen LogP contribution in [0, 0.1) is 0 Å². The average Bonchev–Trinajstić information content (AvgIpc) is 1.93. The van der Waals surface area contributed by atoms with Crippen LogP contribution in [0.1, 0.15) is 0 Å². The molecule has 1 amide bonds. The maximum absolute atomic E-state index is 8.58. The number of primary amides is 1. The van der Waals surface area contributed by atoms with E-state index in [1.807, 2.05) is 12.1 Å². The Bertz CT molecular complexity index is 115. The highest BCUT2D eigenvalue weighted by Crippen LogP contribution is 1.68. The van der Waals surface area contributed by atoms with Crippen molar-refractivity contribution in [2.24, 2.45) is 5.73 Å². The Morgan fingerprint density at radius 1 is 1.22 bits per heavy atom. The zero-order valence-corrected chi connectivity index (χ0v) is 4.77. The summed E-state index contributed by atoms with van der Waals surface area (Å²) in [4.78, 5) is 8.58. The minimum atomic E-state index is 0.250. The average molecular weight is 125 g/mol. The maximum atomic E-state index is 8.58. The zero-order valence-electron chi connectivity index (χ0n) is 4.77. The van der Waals surface area contributed by atoms with Crippen molar-refractivity contribution in [3.05, 3.63) is 24.5 Å². The molecular weight excluding hydrogens is 118 g/mol. The summed E-state index contributed by atoms with van der Waals surface area (Å²) in [5.74, 6) is 0. The van der Waals surface area contributed by atoms with Gasteiger partial charge < -0.3 is 5.73 Å². The topological polar surface area (TPSA) is 68.9 Å². The van der Waals surface area contributed by atoms with Crippen molar-refractivity contribution in [3.8, 4) is 0 Å². The Morgan fingerprint density at radius 3 is 1.67 bits per heavy atom. The first kappa shape index (κ1) is 7.55. The molecular formula is C5H7N3O. The molecule has 4 nitrogen and oxygen atoms in total. The van der Waals surface area contributed by atoms with Gasteiger partial charge in [-0.3, -0.25) is 4.79 Å². The summed E-state index contributed by atoms with van der Waals surface area (Å²) in [6, 6.07) is 3.65. The van der Waals surface area contributed by atoms with Gasteiger partial charge in [-0.05, 0) is 12.1 Å². The molecule has 0 aliphatic carbocycles. The number of amides is 1. The molecule has 9 heavy (non-hydrogen) atoms. The molecule has 0 atom stereocenters. The van der Waals surface area contributed by atoms with Gasteiger partial charge in [-0.2, -0.15) is 10.2 Å². The summed E-state index contributed by atoms with van der Waals surface area (Å²) in [5, 5.41) is 7.07. The molecule has 1 heterocycles. The number of hydrogen-bond donors (Lipinski definition) is 1. The molecule has 0 radical (unpaired) electrons. The van der Waals surface area contributed by atoms with E-state index >= 15 is 0 Å². The number of nitrogens with zero attached hydrogens (tertiary/aromatic N) is 2. The van der Waals surface area contributed by atoms with Gasteiger partial charge in [-0.15, -0.1) is 0 Å². The number of rotatable bonds is 0. The van der Waals surface area contributed by atoms with Crippen LogP contribution in [0.2, 0.25) is 0 Å². The van der Waals surface area contributed by atoms with E-state index in [0.717, 1.165) is 0 Å². The number of aromatic nitrogens is 2. The van der Waals surface area contributed by atoms with Gasteiger partial charge in [-0.25, -0.2) is 0 Å². The summed E-state index contributed by atoms with van der Waals surface area (Å²) in [5.41, 5.74) is 4.17. The molecule has 1 rings (SSSR count). The fourth-order valence-electron chi connectivity index (χ4n) is 0.253. The number of carbonyl (C=O) groups is 1. The van der Waals surface area contributed by atoms with E-state index in [0.29, 0.717) is 0 Å². The van der Waals surface area contributed by atoms with Gasteiger partial charge in [0, 0.05) is 12.4 Å². The second-order valence-corrected chi connectivity index (χ2v) is 1.05. The first-order valence-corrected chi connectivity index (χ1v) is 2.29. The van der Waals surface area contributed by atoms with Gasteiger partial charge in [0.15, 0.2) is 0 Å². The standard InChI is InChI=1S/C4H4N2.CH3NO/c1-2-4-6-5-3-1;2-1-3/h1-4H;1H,(H2,2,3). The van der Waals surface area contributed by atoms with Gasteiger partial charge >= 0.3 is 0 Å². The Labute approximate surface area is 52.7 Å². The third-order valence-electron chi connectivity index (χ3n) is 0.483. The van der Waals surface area contributed by atoms with E-state index in [9.17, 15) is 0 Å². The number of carbonyl (C=O) groups excluding carboxylic acids is 1. The summed E-state index contributed by atoms with van der Waals surface area (Å²) >= 11 is 0. The zero-order chi connectivity index (χ0) is 6.95. The lowest BCUT2D eigenvalue weighted by atomic mass is 10.6. The largest absolute Gasteiger partial charge is 0.372 e. The maximum Gasteiger partial charge on any atom is 0.204 e. The minimum absolute atomic E-state index is 0.250. The Kier molecular flexibility index (Phi) is 5.49. The molecule has 2 N–H and O–H groups in total. The minimum Gasteiger partial charge on any atom is -0.372 e. The lowest BCUT2D eigenvalue weighted by molar-refractivity contribution is -0.106. The molecule has 0 saturated carbocycles. The summed E-state index contributed by atoms with van der Waals surface area (Å²) < 4.78 is 0. The monoisotopic (exact) mass is 125 g/mol. The Morgan fingerprint density at radius 2 is 1.56 bits per heavy atom. The van der Waals surface area contributed by atoms with Gasteiger partial charge in [0.25, 0.3) is 0 Å². The van der Waals surface area contributed by atoms with Crippen molar-refractivity contribution in [1.29, 1.82) is 0 Å². The lowest BCUT2D eigenvalue weighted by Gasteiger charge is -1.69. The third kappa shape index (κ3) is 6.55. The third-order valence-corrected chi connectivity index (χ3v) is 0.483. The van der Waals surface area contributed by atoms with Gasteiger partial charge in [0.1, 0.15) is 0 Å². The van der Waals surface area contributed by atoms with Crippen molar-refractivity contribution in [2.45, 2.75) is 0 Å². The molecule has 0 aliphatic rings. The molecule has 48 valence electrons. The summed E-state index contributed by atoms with van der Waals surface area (Å²) in [6.07, 6.45) is 3.53. The van der Waals surface area contributed by atoms with Crippen molar-refractivity contribution in [3.63, 3.8) is 0 Å². The van der Waals surface area contributed by atoms with Crippen LogP contribution in [0.25, 0.3) is 0 Å².